The minimum absolute atomic E-state index is 0.976. The number of hydrogen-bond donors (Lipinski definition) is 1. The van der Waals surface area contributed by atoms with E-state index in [-0.39, 0.29) is 0 Å². The number of unbranched alkanes of at least 4 members (excludes halogenated alkanes) is 1. The van der Waals surface area contributed by atoms with Crippen LogP contribution in [0.25, 0.3) is 10.9 Å². The molecule has 1 N–H and O–H groups in total. The lowest BCUT2D eigenvalue weighted by molar-refractivity contribution is 0.983. The highest BCUT2D eigenvalue weighted by Crippen LogP contribution is 2.18. The predicted octanol–water partition coefficient (Wildman–Crippen LogP) is 3.63. The Morgan fingerprint density at radius 2 is 2.20 bits per heavy atom. The summed E-state index contributed by atoms with van der Waals surface area (Å²) in [5, 5.41) is 1.28. The number of H-pyrrole nitrogens is 1. The zero-order valence-corrected chi connectivity index (χ0v) is 9.22. The summed E-state index contributed by atoms with van der Waals surface area (Å²) in [5.74, 6) is 6.36. The molecule has 1 aromatic heterocycles. The summed E-state index contributed by atoms with van der Waals surface area (Å²) in [5.41, 5.74) is 3.58. The topological polar surface area (TPSA) is 15.8 Å². The first-order chi connectivity index (χ1) is 7.31. The molecule has 0 fully saturated rings. The summed E-state index contributed by atoms with van der Waals surface area (Å²) in [4.78, 5) is 3.23. The molecule has 15 heavy (non-hydrogen) atoms. The number of aryl methyl sites for hydroxylation is 1. The minimum atomic E-state index is 0.976. The lowest BCUT2D eigenvalue weighted by Crippen LogP contribution is -1.75. The number of benzene rings is 1. The molecule has 1 nitrogen and oxygen atoms in total. The second-order valence-electron chi connectivity index (χ2n) is 3.78. The van der Waals surface area contributed by atoms with E-state index in [0.29, 0.717) is 0 Å². The fourth-order valence-electron chi connectivity index (χ4n) is 1.63. The van der Waals surface area contributed by atoms with Gasteiger partial charge in [0.15, 0.2) is 0 Å². The first-order valence-corrected chi connectivity index (χ1v) is 5.38. The quantitative estimate of drug-likeness (QED) is 0.672. The third-order valence-electron chi connectivity index (χ3n) is 2.50. The van der Waals surface area contributed by atoms with Crippen molar-refractivity contribution in [3.05, 3.63) is 35.5 Å². The molecule has 76 valence electrons. The van der Waals surface area contributed by atoms with Crippen LogP contribution in [-0.4, -0.2) is 4.98 Å². The molecule has 0 radical (unpaired) electrons. The summed E-state index contributed by atoms with van der Waals surface area (Å²) in [6, 6.07) is 6.32. The molecule has 1 heterocycles. The van der Waals surface area contributed by atoms with Crippen LogP contribution in [0.1, 0.15) is 30.9 Å². The highest BCUT2D eigenvalue weighted by atomic mass is 14.7. The Kier molecular flexibility index (Phi) is 2.78. The van der Waals surface area contributed by atoms with Gasteiger partial charge in [-0.2, -0.15) is 0 Å². The molecule has 0 aliphatic rings. The van der Waals surface area contributed by atoms with Crippen molar-refractivity contribution in [2.24, 2.45) is 0 Å². The number of nitrogens with one attached hydrogen (secondary N) is 1. The van der Waals surface area contributed by atoms with Gasteiger partial charge in [-0.1, -0.05) is 18.8 Å². The fraction of sp³-hybridized carbons (Fsp3) is 0.286. The number of aromatic nitrogens is 1. The Morgan fingerprint density at radius 3 is 3.00 bits per heavy atom. The van der Waals surface area contributed by atoms with Crippen molar-refractivity contribution in [3.8, 4) is 11.8 Å². The molecule has 0 spiro atoms. The Morgan fingerprint density at radius 1 is 1.33 bits per heavy atom. The molecule has 2 aromatic rings. The monoisotopic (exact) mass is 197 g/mol. The smallest absolute Gasteiger partial charge is 0.0457 e. The maximum atomic E-state index is 3.23. The SMILES string of the molecule is CCCC#Cc1ccc2[nH]cc(C)c2c1. The molecule has 0 aliphatic heterocycles. The molecule has 0 bridgehead atoms. The zero-order valence-electron chi connectivity index (χ0n) is 9.22. The maximum Gasteiger partial charge on any atom is 0.0457 e. The molecule has 1 heteroatoms. The Labute approximate surface area is 90.5 Å². The first-order valence-electron chi connectivity index (χ1n) is 5.38. The Balaban J connectivity index is 2.38. The lowest BCUT2D eigenvalue weighted by atomic mass is 10.1. The van der Waals surface area contributed by atoms with Gasteiger partial charge in [-0.3, -0.25) is 0 Å². The van der Waals surface area contributed by atoms with Crippen LogP contribution in [0.5, 0.6) is 0 Å². The van der Waals surface area contributed by atoms with E-state index < -0.39 is 0 Å². The van der Waals surface area contributed by atoms with Crippen molar-refractivity contribution in [1.82, 2.24) is 4.98 Å². The van der Waals surface area contributed by atoms with Crippen LogP contribution >= 0.6 is 0 Å². The van der Waals surface area contributed by atoms with Gasteiger partial charge in [-0.05, 0) is 37.1 Å². The molecular weight excluding hydrogens is 182 g/mol. The van der Waals surface area contributed by atoms with Gasteiger partial charge in [0.05, 0.1) is 0 Å². The van der Waals surface area contributed by atoms with Crippen molar-refractivity contribution < 1.29 is 0 Å². The van der Waals surface area contributed by atoms with E-state index in [1.54, 1.807) is 0 Å². The van der Waals surface area contributed by atoms with Crippen LogP contribution in [0, 0.1) is 18.8 Å². The van der Waals surface area contributed by atoms with E-state index >= 15 is 0 Å². The summed E-state index contributed by atoms with van der Waals surface area (Å²) < 4.78 is 0. The van der Waals surface area contributed by atoms with Crippen molar-refractivity contribution in [3.63, 3.8) is 0 Å². The maximum absolute atomic E-state index is 3.23. The molecule has 0 atom stereocenters. The number of aromatic amines is 1. The fourth-order valence-corrected chi connectivity index (χ4v) is 1.63. The zero-order chi connectivity index (χ0) is 10.7. The third-order valence-corrected chi connectivity index (χ3v) is 2.50. The van der Waals surface area contributed by atoms with Gasteiger partial charge >= 0.3 is 0 Å². The summed E-state index contributed by atoms with van der Waals surface area (Å²) >= 11 is 0. The Bertz CT molecular complexity index is 523. The van der Waals surface area contributed by atoms with E-state index in [0.717, 1.165) is 18.4 Å². The first kappa shape index (κ1) is 9.86. The van der Waals surface area contributed by atoms with Crippen LogP contribution < -0.4 is 0 Å². The van der Waals surface area contributed by atoms with Gasteiger partial charge in [0.25, 0.3) is 0 Å². The van der Waals surface area contributed by atoms with Gasteiger partial charge in [-0.15, -0.1) is 0 Å². The van der Waals surface area contributed by atoms with E-state index in [1.807, 2.05) is 6.20 Å². The second-order valence-corrected chi connectivity index (χ2v) is 3.78. The molecule has 0 saturated carbocycles. The summed E-state index contributed by atoms with van der Waals surface area (Å²) in [6.45, 7) is 4.26. The molecule has 2 rings (SSSR count). The van der Waals surface area contributed by atoms with Gasteiger partial charge < -0.3 is 4.98 Å². The summed E-state index contributed by atoms with van der Waals surface area (Å²) in [6.07, 6.45) is 4.14. The van der Waals surface area contributed by atoms with E-state index in [1.165, 1.54) is 16.5 Å². The average molecular weight is 197 g/mol. The number of hydrogen-bond acceptors (Lipinski definition) is 0. The van der Waals surface area contributed by atoms with Crippen LogP contribution in [0.15, 0.2) is 24.4 Å². The molecule has 1 aromatic carbocycles. The highest BCUT2D eigenvalue weighted by molar-refractivity contribution is 5.84. The van der Waals surface area contributed by atoms with Gasteiger partial charge in [0, 0.05) is 29.1 Å². The Hall–Kier alpha value is -1.68. The molecular formula is C14H15N. The van der Waals surface area contributed by atoms with Crippen LogP contribution in [0.3, 0.4) is 0 Å². The van der Waals surface area contributed by atoms with Crippen LogP contribution in [0.2, 0.25) is 0 Å². The molecule has 0 amide bonds. The third kappa shape index (κ3) is 2.05. The summed E-state index contributed by atoms with van der Waals surface area (Å²) in [7, 11) is 0. The molecule has 0 saturated heterocycles. The van der Waals surface area contributed by atoms with Crippen molar-refractivity contribution >= 4 is 10.9 Å². The highest BCUT2D eigenvalue weighted by Gasteiger charge is 1.98. The molecule has 0 aliphatic carbocycles. The van der Waals surface area contributed by atoms with Gasteiger partial charge in [0.2, 0.25) is 0 Å². The number of fused-ring (bicyclic) bond motifs is 1. The van der Waals surface area contributed by atoms with E-state index in [9.17, 15) is 0 Å². The largest absolute Gasteiger partial charge is 0.361 e. The standard InChI is InChI=1S/C14H15N/c1-3-4-5-6-12-7-8-14-13(9-12)11(2)10-15-14/h7-10,15H,3-4H2,1-2H3. The van der Waals surface area contributed by atoms with E-state index in [4.69, 9.17) is 0 Å². The van der Waals surface area contributed by atoms with Crippen molar-refractivity contribution in [2.45, 2.75) is 26.7 Å². The predicted molar refractivity (Wildman–Crippen MR) is 64.8 cm³/mol. The normalized spacial score (nSPS) is 10.0. The van der Waals surface area contributed by atoms with E-state index in [2.05, 4.69) is 48.9 Å². The van der Waals surface area contributed by atoms with Crippen molar-refractivity contribution in [2.75, 3.05) is 0 Å². The van der Waals surface area contributed by atoms with Gasteiger partial charge in [0.1, 0.15) is 0 Å². The van der Waals surface area contributed by atoms with Crippen LogP contribution in [0.4, 0.5) is 0 Å². The van der Waals surface area contributed by atoms with Crippen molar-refractivity contribution in [1.29, 1.82) is 0 Å². The molecule has 0 unspecified atom stereocenters. The second kappa shape index (κ2) is 4.23. The lowest BCUT2D eigenvalue weighted by Gasteiger charge is -1.93. The van der Waals surface area contributed by atoms with Gasteiger partial charge in [-0.25, -0.2) is 0 Å². The minimum Gasteiger partial charge on any atom is -0.361 e. The van der Waals surface area contributed by atoms with Crippen LogP contribution in [-0.2, 0) is 0 Å². The average Bonchev–Trinajstić information content (AvgIpc) is 2.61. The number of rotatable bonds is 1.